The van der Waals surface area contributed by atoms with Crippen LogP contribution < -0.4 is 0 Å². The molecule has 0 N–H and O–H groups in total. The van der Waals surface area contributed by atoms with Gasteiger partial charge in [-0.15, -0.1) is 0 Å². The number of aromatic nitrogens is 2. The van der Waals surface area contributed by atoms with E-state index in [1.165, 1.54) is 12.1 Å². The molecule has 0 radical (unpaired) electrons. The Labute approximate surface area is 137 Å². The molecule has 0 aliphatic rings. The Morgan fingerprint density at radius 3 is 2.41 bits per heavy atom. The SMILES string of the molecule is Cc1cc(C)n(C(=O)C(C#N)N=Nc2cc(Cl)cc(Cl)c2)n1. The predicted octanol–water partition coefficient (Wildman–Crippen LogP) is 4.12. The lowest BCUT2D eigenvalue weighted by Crippen LogP contribution is -2.25. The standard InChI is InChI=1S/C14H11Cl2N5O/c1-8-3-9(2)21(20-8)14(22)13(7-17)19-18-12-5-10(15)4-11(16)6-12/h3-6,13H,1-2H3. The van der Waals surface area contributed by atoms with Crippen molar-refractivity contribution in [3.05, 3.63) is 45.7 Å². The molecule has 1 aromatic heterocycles. The average Bonchev–Trinajstić information content (AvgIpc) is 2.77. The molecule has 6 nitrogen and oxygen atoms in total. The summed E-state index contributed by atoms with van der Waals surface area (Å²) in [6, 6.07) is 6.84. The lowest BCUT2D eigenvalue weighted by molar-refractivity contribution is 0.0880. The van der Waals surface area contributed by atoms with E-state index in [-0.39, 0.29) is 0 Å². The average molecular weight is 336 g/mol. The molecule has 0 saturated carbocycles. The first-order chi connectivity index (χ1) is 10.4. The monoisotopic (exact) mass is 335 g/mol. The molecule has 0 aliphatic heterocycles. The first-order valence-corrected chi connectivity index (χ1v) is 7.00. The minimum Gasteiger partial charge on any atom is -0.269 e. The summed E-state index contributed by atoms with van der Waals surface area (Å²) in [6.45, 7) is 3.48. The highest BCUT2D eigenvalue weighted by Crippen LogP contribution is 2.25. The third-order valence-corrected chi connectivity index (χ3v) is 3.15. The third kappa shape index (κ3) is 3.70. The van der Waals surface area contributed by atoms with Gasteiger partial charge in [0.05, 0.1) is 11.4 Å². The van der Waals surface area contributed by atoms with Crippen LogP contribution in [0.1, 0.15) is 16.2 Å². The maximum Gasteiger partial charge on any atom is 0.288 e. The summed E-state index contributed by atoms with van der Waals surface area (Å²) >= 11 is 11.7. The van der Waals surface area contributed by atoms with Crippen LogP contribution in [0.4, 0.5) is 5.69 Å². The molecular weight excluding hydrogens is 325 g/mol. The van der Waals surface area contributed by atoms with Crippen molar-refractivity contribution in [2.24, 2.45) is 10.2 Å². The molecule has 0 fully saturated rings. The second-order valence-electron chi connectivity index (χ2n) is 4.55. The van der Waals surface area contributed by atoms with Crippen molar-refractivity contribution >= 4 is 34.8 Å². The quantitative estimate of drug-likeness (QED) is 0.790. The topological polar surface area (TPSA) is 83.4 Å². The van der Waals surface area contributed by atoms with Crippen molar-refractivity contribution < 1.29 is 4.79 Å². The Kier molecular flexibility index (Phi) is 4.91. The number of nitriles is 1. The van der Waals surface area contributed by atoms with Gasteiger partial charge in [0.2, 0.25) is 6.04 Å². The van der Waals surface area contributed by atoms with Crippen LogP contribution in [0.25, 0.3) is 0 Å². The number of benzene rings is 1. The number of hydrogen-bond donors (Lipinski definition) is 0. The van der Waals surface area contributed by atoms with Crippen molar-refractivity contribution in [3.63, 3.8) is 0 Å². The molecule has 0 saturated heterocycles. The van der Waals surface area contributed by atoms with Gasteiger partial charge >= 0.3 is 0 Å². The van der Waals surface area contributed by atoms with Crippen molar-refractivity contribution in [2.75, 3.05) is 0 Å². The fourth-order valence-corrected chi connectivity index (χ4v) is 2.33. The normalized spacial score (nSPS) is 12.3. The predicted molar refractivity (Wildman–Crippen MR) is 82.7 cm³/mol. The summed E-state index contributed by atoms with van der Waals surface area (Å²) in [5.41, 5.74) is 1.67. The summed E-state index contributed by atoms with van der Waals surface area (Å²) in [5.74, 6) is -0.565. The Morgan fingerprint density at radius 1 is 1.27 bits per heavy atom. The summed E-state index contributed by atoms with van der Waals surface area (Å²) in [4.78, 5) is 12.2. The number of aryl methyl sites for hydroxylation is 2. The van der Waals surface area contributed by atoms with E-state index in [9.17, 15) is 4.79 Å². The van der Waals surface area contributed by atoms with Crippen LogP contribution in [0, 0.1) is 25.2 Å². The Hall–Kier alpha value is -2.23. The van der Waals surface area contributed by atoms with Crippen molar-refractivity contribution in [2.45, 2.75) is 19.9 Å². The minimum absolute atomic E-state index is 0.360. The molecule has 112 valence electrons. The molecule has 1 unspecified atom stereocenters. The van der Waals surface area contributed by atoms with Gasteiger partial charge in [0.1, 0.15) is 6.07 Å². The number of nitrogens with zero attached hydrogens (tertiary/aromatic N) is 5. The highest BCUT2D eigenvalue weighted by atomic mass is 35.5. The fourth-order valence-electron chi connectivity index (χ4n) is 1.82. The van der Waals surface area contributed by atoms with Gasteiger partial charge in [-0.1, -0.05) is 23.2 Å². The third-order valence-electron chi connectivity index (χ3n) is 2.71. The van der Waals surface area contributed by atoms with E-state index < -0.39 is 11.9 Å². The van der Waals surface area contributed by atoms with Gasteiger partial charge in [0.25, 0.3) is 5.91 Å². The molecule has 0 bridgehead atoms. The maximum absolute atomic E-state index is 12.2. The van der Waals surface area contributed by atoms with E-state index in [1.54, 1.807) is 32.0 Å². The molecular formula is C14H11Cl2N5O. The van der Waals surface area contributed by atoms with Crippen LogP contribution in [-0.2, 0) is 0 Å². The maximum atomic E-state index is 12.2. The van der Waals surface area contributed by atoms with E-state index in [1.807, 2.05) is 0 Å². The van der Waals surface area contributed by atoms with Gasteiger partial charge < -0.3 is 0 Å². The lowest BCUT2D eigenvalue weighted by Gasteiger charge is -2.04. The van der Waals surface area contributed by atoms with E-state index in [4.69, 9.17) is 28.5 Å². The molecule has 1 atom stereocenters. The van der Waals surface area contributed by atoms with Crippen LogP contribution in [0.3, 0.4) is 0 Å². The summed E-state index contributed by atoms with van der Waals surface area (Å²) in [7, 11) is 0. The summed E-state index contributed by atoms with van der Waals surface area (Å²) in [6.07, 6.45) is 0. The highest BCUT2D eigenvalue weighted by molar-refractivity contribution is 6.35. The molecule has 22 heavy (non-hydrogen) atoms. The number of hydrogen-bond acceptors (Lipinski definition) is 5. The van der Waals surface area contributed by atoms with E-state index in [0.717, 1.165) is 4.68 Å². The molecule has 0 amide bonds. The van der Waals surface area contributed by atoms with Crippen LogP contribution in [-0.4, -0.2) is 21.7 Å². The van der Waals surface area contributed by atoms with E-state index in [0.29, 0.717) is 27.1 Å². The second kappa shape index (κ2) is 6.69. The minimum atomic E-state index is -1.30. The zero-order valence-electron chi connectivity index (χ0n) is 11.8. The number of rotatable bonds is 3. The Bertz CT molecular complexity index is 771. The lowest BCUT2D eigenvalue weighted by atomic mass is 10.3. The number of carbonyl (C=O) groups excluding carboxylic acids is 1. The van der Waals surface area contributed by atoms with E-state index >= 15 is 0 Å². The van der Waals surface area contributed by atoms with Crippen molar-refractivity contribution in [1.29, 1.82) is 5.26 Å². The summed E-state index contributed by atoms with van der Waals surface area (Å²) < 4.78 is 1.15. The fraction of sp³-hybridized carbons (Fsp3) is 0.214. The van der Waals surface area contributed by atoms with Gasteiger partial charge in [-0.2, -0.15) is 20.6 Å². The molecule has 1 heterocycles. The van der Waals surface area contributed by atoms with E-state index in [2.05, 4.69) is 15.3 Å². The number of azo groups is 1. The van der Waals surface area contributed by atoms with Gasteiger partial charge in [0.15, 0.2) is 0 Å². The van der Waals surface area contributed by atoms with Gasteiger partial charge in [0, 0.05) is 15.7 Å². The van der Waals surface area contributed by atoms with Gasteiger partial charge in [-0.05, 0) is 38.1 Å². The van der Waals surface area contributed by atoms with Gasteiger partial charge in [-0.3, -0.25) is 4.79 Å². The zero-order chi connectivity index (χ0) is 16.3. The molecule has 0 spiro atoms. The van der Waals surface area contributed by atoms with Crippen LogP contribution >= 0.6 is 23.2 Å². The zero-order valence-corrected chi connectivity index (χ0v) is 13.3. The van der Waals surface area contributed by atoms with Crippen LogP contribution in [0.5, 0.6) is 0 Å². The van der Waals surface area contributed by atoms with Gasteiger partial charge in [-0.25, -0.2) is 4.68 Å². The highest BCUT2D eigenvalue weighted by Gasteiger charge is 2.21. The molecule has 1 aromatic carbocycles. The first-order valence-electron chi connectivity index (χ1n) is 6.25. The second-order valence-corrected chi connectivity index (χ2v) is 5.42. The molecule has 8 heteroatoms. The smallest absolute Gasteiger partial charge is 0.269 e. The first kappa shape index (κ1) is 16.1. The summed E-state index contributed by atoms with van der Waals surface area (Å²) in [5, 5.41) is 21.5. The molecule has 0 aliphatic carbocycles. The van der Waals surface area contributed by atoms with Crippen LogP contribution in [0.15, 0.2) is 34.5 Å². The van der Waals surface area contributed by atoms with Crippen LogP contribution in [0.2, 0.25) is 10.0 Å². The Balaban J connectivity index is 2.25. The number of halogens is 2. The van der Waals surface area contributed by atoms with Crippen molar-refractivity contribution in [3.8, 4) is 6.07 Å². The number of carbonyl (C=O) groups is 1. The van der Waals surface area contributed by atoms with Crippen molar-refractivity contribution in [1.82, 2.24) is 9.78 Å². The largest absolute Gasteiger partial charge is 0.288 e. The Morgan fingerprint density at radius 2 is 1.91 bits per heavy atom. The molecule has 2 rings (SSSR count). The molecule has 2 aromatic rings.